The first kappa shape index (κ1) is 15.3. The maximum Gasteiger partial charge on any atom is 0.197 e. The van der Waals surface area contributed by atoms with Crippen LogP contribution in [-0.2, 0) is 6.61 Å². The Hall–Kier alpha value is -2.11. The van der Waals surface area contributed by atoms with Gasteiger partial charge < -0.3 is 19.7 Å². The highest BCUT2D eigenvalue weighted by Gasteiger charge is 2.13. The maximum absolute atomic E-state index is 13.8. The molecule has 0 aliphatic heterocycles. The smallest absolute Gasteiger partial charge is 0.197 e. The van der Waals surface area contributed by atoms with Crippen LogP contribution in [0.25, 0.3) is 0 Å². The average molecular weight is 292 g/mol. The molecule has 0 fully saturated rings. The highest BCUT2D eigenvalue weighted by atomic mass is 19.1. The van der Waals surface area contributed by atoms with Gasteiger partial charge in [-0.25, -0.2) is 4.39 Å². The summed E-state index contributed by atoms with van der Waals surface area (Å²) in [5.41, 5.74) is 0.905. The molecule has 2 N–H and O–H groups in total. The van der Waals surface area contributed by atoms with Gasteiger partial charge in [0.05, 0.1) is 6.61 Å². The number of ether oxygens (including phenoxy) is 2. The minimum absolute atomic E-state index is 0.00788. The van der Waals surface area contributed by atoms with Crippen molar-refractivity contribution in [2.24, 2.45) is 0 Å². The molecule has 0 aromatic heterocycles. The summed E-state index contributed by atoms with van der Waals surface area (Å²) in [6, 6.07) is 13.7. The first-order chi connectivity index (χ1) is 10.2. The monoisotopic (exact) mass is 292 g/mol. The SMILES string of the molecule is OC[C@@H](O)COc1cccc(F)c1OCc1ccccc1. The van der Waals surface area contributed by atoms with Crippen molar-refractivity contribution >= 4 is 0 Å². The van der Waals surface area contributed by atoms with Crippen molar-refractivity contribution in [1.82, 2.24) is 0 Å². The average Bonchev–Trinajstić information content (AvgIpc) is 2.52. The predicted molar refractivity (Wildman–Crippen MR) is 75.8 cm³/mol. The lowest BCUT2D eigenvalue weighted by Gasteiger charge is -2.15. The quantitative estimate of drug-likeness (QED) is 0.821. The van der Waals surface area contributed by atoms with Crippen LogP contribution in [-0.4, -0.2) is 29.5 Å². The van der Waals surface area contributed by atoms with E-state index in [9.17, 15) is 9.50 Å². The third-order valence-electron chi connectivity index (χ3n) is 2.80. The molecule has 2 aromatic carbocycles. The molecule has 5 heteroatoms. The molecule has 1 atom stereocenters. The Morgan fingerprint density at radius 1 is 1.00 bits per heavy atom. The summed E-state index contributed by atoms with van der Waals surface area (Å²) in [5.74, 6) is -0.355. The van der Waals surface area contributed by atoms with E-state index in [1.54, 1.807) is 6.07 Å². The number of para-hydroxylation sites is 1. The van der Waals surface area contributed by atoms with Gasteiger partial charge >= 0.3 is 0 Å². The van der Waals surface area contributed by atoms with Gasteiger partial charge in [0.15, 0.2) is 17.3 Å². The lowest BCUT2D eigenvalue weighted by Crippen LogP contribution is -2.21. The maximum atomic E-state index is 13.8. The van der Waals surface area contributed by atoms with Gasteiger partial charge in [-0.1, -0.05) is 36.4 Å². The summed E-state index contributed by atoms with van der Waals surface area (Å²) in [6.45, 7) is -0.349. The van der Waals surface area contributed by atoms with Crippen LogP contribution >= 0.6 is 0 Å². The van der Waals surface area contributed by atoms with Crippen LogP contribution in [0, 0.1) is 5.82 Å². The molecule has 2 aromatic rings. The van der Waals surface area contributed by atoms with Crippen LogP contribution < -0.4 is 9.47 Å². The largest absolute Gasteiger partial charge is 0.487 e. The van der Waals surface area contributed by atoms with Gasteiger partial charge in [-0.3, -0.25) is 0 Å². The Bertz CT molecular complexity index is 559. The van der Waals surface area contributed by atoms with Crippen molar-refractivity contribution in [2.75, 3.05) is 13.2 Å². The molecule has 0 radical (unpaired) electrons. The molecule has 112 valence electrons. The predicted octanol–water partition coefficient (Wildman–Crippen LogP) is 2.14. The second kappa shape index (κ2) is 7.61. The standard InChI is InChI=1S/C16H17FO4/c17-14-7-4-8-15(20-11-13(19)9-18)16(14)21-10-12-5-2-1-3-6-12/h1-8,13,18-19H,9-11H2/t13-/m1/s1. The summed E-state index contributed by atoms with van der Waals surface area (Å²) in [5, 5.41) is 18.0. The van der Waals surface area contributed by atoms with Gasteiger partial charge in [-0.15, -0.1) is 0 Å². The molecule has 0 unspecified atom stereocenters. The summed E-state index contributed by atoms with van der Waals surface area (Å²) >= 11 is 0. The number of hydrogen-bond donors (Lipinski definition) is 2. The Morgan fingerprint density at radius 3 is 2.48 bits per heavy atom. The number of aliphatic hydroxyl groups excluding tert-OH is 2. The van der Waals surface area contributed by atoms with Crippen LogP contribution in [0.4, 0.5) is 4.39 Å². The Kier molecular flexibility index (Phi) is 5.54. The molecular formula is C16H17FO4. The van der Waals surface area contributed by atoms with Gasteiger partial charge in [0.1, 0.15) is 19.3 Å². The van der Waals surface area contributed by atoms with Crippen molar-refractivity contribution < 1.29 is 24.1 Å². The fourth-order valence-electron chi connectivity index (χ4n) is 1.71. The number of benzene rings is 2. The number of rotatable bonds is 7. The third kappa shape index (κ3) is 4.44. The highest BCUT2D eigenvalue weighted by Crippen LogP contribution is 2.30. The lowest BCUT2D eigenvalue weighted by molar-refractivity contribution is 0.0521. The number of halogens is 1. The first-order valence-corrected chi connectivity index (χ1v) is 6.57. The topological polar surface area (TPSA) is 58.9 Å². The van der Waals surface area contributed by atoms with E-state index >= 15 is 0 Å². The van der Waals surface area contributed by atoms with Crippen LogP contribution in [0.2, 0.25) is 0 Å². The minimum Gasteiger partial charge on any atom is -0.487 e. The minimum atomic E-state index is -1.02. The summed E-state index contributed by atoms with van der Waals surface area (Å²) in [7, 11) is 0. The van der Waals surface area contributed by atoms with Gasteiger partial charge in [0.2, 0.25) is 0 Å². The third-order valence-corrected chi connectivity index (χ3v) is 2.80. The molecule has 0 bridgehead atoms. The van der Waals surface area contributed by atoms with Crippen LogP contribution in [0.5, 0.6) is 11.5 Å². The molecule has 0 spiro atoms. The molecule has 0 aliphatic rings. The van der Waals surface area contributed by atoms with Crippen molar-refractivity contribution in [3.63, 3.8) is 0 Å². The van der Waals surface area contributed by atoms with Crippen LogP contribution in [0.3, 0.4) is 0 Å². The molecule has 0 amide bonds. The van der Waals surface area contributed by atoms with Crippen molar-refractivity contribution in [3.8, 4) is 11.5 Å². The second-order valence-electron chi connectivity index (χ2n) is 4.49. The van der Waals surface area contributed by atoms with Crippen molar-refractivity contribution in [1.29, 1.82) is 0 Å². The lowest BCUT2D eigenvalue weighted by atomic mass is 10.2. The molecular weight excluding hydrogens is 275 g/mol. The zero-order chi connectivity index (χ0) is 15.1. The normalized spacial score (nSPS) is 12.0. The summed E-state index contributed by atoms with van der Waals surface area (Å²) in [6.07, 6.45) is -1.02. The fraction of sp³-hybridized carbons (Fsp3) is 0.250. The molecule has 4 nitrogen and oxygen atoms in total. The molecule has 0 saturated heterocycles. The van der Waals surface area contributed by atoms with E-state index in [0.29, 0.717) is 0 Å². The molecule has 0 heterocycles. The summed E-state index contributed by atoms with van der Waals surface area (Å²) < 4.78 is 24.6. The molecule has 21 heavy (non-hydrogen) atoms. The van der Waals surface area contributed by atoms with E-state index in [0.717, 1.165) is 5.56 Å². The zero-order valence-corrected chi connectivity index (χ0v) is 11.4. The van der Waals surface area contributed by atoms with E-state index in [1.807, 2.05) is 30.3 Å². The molecule has 0 aliphatic carbocycles. The number of hydrogen-bond acceptors (Lipinski definition) is 4. The van der Waals surface area contributed by atoms with Crippen molar-refractivity contribution in [3.05, 3.63) is 59.9 Å². The second-order valence-corrected chi connectivity index (χ2v) is 4.49. The highest BCUT2D eigenvalue weighted by molar-refractivity contribution is 5.41. The Labute approximate surface area is 122 Å². The first-order valence-electron chi connectivity index (χ1n) is 6.57. The van der Waals surface area contributed by atoms with Gasteiger partial charge in [0, 0.05) is 0 Å². The van der Waals surface area contributed by atoms with Crippen LogP contribution in [0.1, 0.15) is 5.56 Å². The Balaban J connectivity index is 2.06. The van der Waals surface area contributed by atoms with E-state index in [4.69, 9.17) is 14.6 Å². The Morgan fingerprint density at radius 2 is 1.76 bits per heavy atom. The van der Waals surface area contributed by atoms with E-state index < -0.39 is 18.5 Å². The van der Waals surface area contributed by atoms with Gasteiger partial charge in [0.25, 0.3) is 0 Å². The zero-order valence-electron chi connectivity index (χ0n) is 11.4. The van der Waals surface area contributed by atoms with Crippen molar-refractivity contribution in [2.45, 2.75) is 12.7 Å². The van der Waals surface area contributed by atoms with E-state index in [1.165, 1.54) is 12.1 Å². The molecule has 2 rings (SSSR count). The number of aliphatic hydroxyl groups is 2. The summed E-state index contributed by atoms with van der Waals surface area (Å²) in [4.78, 5) is 0. The van der Waals surface area contributed by atoms with E-state index in [2.05, 4.69) is 0 Å². The van der Waals surface area contributed by atoms with Gasteiger partial charge in [-0.05, 0) is 17.7 Å². The fourth-order valence-corrected chi connectivity index (χ4v) is 1.71. The van der Waals surface area contributed by atoms with Gasteiger partial charge in [-0.2, -0.15) is 0 Å². The van der Waals surface area contributed by atoms with E-state index in [-0.39, 0.29) is 24.7 Å². The van der Waals surface area contributed by atoms with Crippen LogP contribution in [0.15, 0.2) is 48.5 Å². The molecule has 0 saturated carbocycles.